The molecule has 0 fully saturated rings. The lowest BCUT2D eigenvalue weighted by molar-refractivity contribution is -0.141. The zero-order valence-electron chi connectivity index (χ0n) is 8.93. The lowest BCUT2D eigenvalue weighted by Gasteiger charge is -2.12. The highest BCUT2D eigenvalue weighted by Gasteiger charge is 2.16. The van der Waals surface area contributed by atoms with Crippen LogP contribution in [-0.2, 0) is 9.53 Å². The molecule has 0 radical (unpaired) electrons. The summed E-state index contributed by atoms with van der Waals surface area (Å²) >= 11 is 0. The molecule has 0 saturated carbocycles. The van der Waals surface area contributed by atoms with Gasteiger partial charge in [-0.2, -0.15) is 0 Å². The Bertz CT molecular complexity index is 324. The van der Waals surface area contributed by atoms with Gasteiger partial charge in [-0.1, -0.05) is 0 Å². The lowest BCUT2D eigenvalue weighted by Crippen LogP contribution is -2.18. The summed E-state index contributed by atoms with van der Waals surface area (Å²) in [5, 5.41) is 0. The molecular weight excluding hydrogens is 194 g/mol. The maximum Gasteiger partial charge on any atom is 0.306 e. The van der Waals surface area contributed by atoms with Crippen molar-refractivity contribution < 1.29 is 9.53 Å². The van der Waals surface area contributed by atoms with E-state index in [1.54, 1.807) is 12.4 Å². The van der Waals surface area contributed by atoms with Gasteiger partial charge in [0, 0.05) is 24.9 Å². The maximum atomic E-state index is 11.1. The fraction of sp³-hybridized carbons (Fsp3) is 0.500. The van der Waals surface area contributed by atoms with Crippen LogP contribution in [0.4, 0.5) is 0 Å². The summed E-state index contributed by atoms with van der Waals surface area (Å²) in [5.41, 5.74) is 7.14. The molecule has 1 atom stereocenters. The van der Waals surface area contributed by atoms with E-state index in [4.69, 9.17) is 5.73 Å². The first-order valence-corrected chi connectivity index (χ1v) is 4.72. The predicted octanol–water partition coefficient (Wildman–Crippen LogP) is 0.390. The van der Waals surface area contributed by atoms with Crippen LogP contribution in [0.5, 0.6) is 0 Å². The Morgan fingerprint density at radius 1 is 1.53 bits per heavy atom. The van der Waals surface area contributed by atoms with Crippen LogP contribution < -0.4 is 5.73 Å². The fourth-order valence-corrected chi connectivity index (χ4v) is 1.21. The molecule has 5 heteroatoms. The molecule has 0 aromatic carbocycles. The number of nitrogens with two attached hydrogens (primary N) is 1. The van der Waals surface area contributed by atoms with Crippen LogP contribution in [0.3, 0.4) is 0 Å². The van der Waals surface area contributed by atoms with Crippen LogP contribution in [0.1, 0.15) is 23.7 Å². The van der Waals surface area contributed by atoms with Gasteiger partial charge in [0.05, 0.1) is 24.9 Å². The Morgan fingerprint density at radius 3 is 2.73 bits per heavy atom. The Hall–Kier alpha value is -1.49. The van der Waals surface area contributed by atoms with Crippen molar-refractivity contribution in [1.29, 1.82) is 0 Å². The van der Waals surface area contributed by atoms with Gasteiger partial charge in [0.2, 0.25) is 0 Å². The third-order valence-corrected chi connectivity index (χ3v) is 2.14. The van der Waals surface area contributed by atoms with Crippen molar-refractivity contribution in [3.8, 4) is 0 Å². The summed E-state index contributed by atoms with van der Waals surface area (Å²) in [7, 11) is 1.36. The van der Waals surface area contributed by atoms with Crippen LogP contribution in [0, 0.1) is 6.92 Å². The minimum Gasteiger partial charge on any atom is -0.469 e. The lowest BCUT2D eigenvalue weighted by atomic mass is 10.0. The van der Waals surface area contributed by atoms with E-state index in [-0.39, 0.29) is 18.3 Å². The number of hydrogen-bond donors (Lipinski definition) is 1. The Labute approximate surface area is 88.7 Å². The zero-order chi connectivity index (χ0) is 11.3. The van der Waals surface area contributed by atoms with Crippen LogP contribution in [-0.4, -0.2) is 29.6 Å². The molecular formula is C10H15N3O2. The number of aromatic nitrogens is 2. The van der Waals surface area contributed by atoms with E-state index < -0.39 is 0 Å². The summed E-state index contributed by atoms with van der Waals surface area (Å²) in [6.45, 7) is 2.21. The van der Waals surface area contributed by atoms with Gasteiger partial charge in [0.15, 0.2) is 0 Å². The molecule has 1 aromatic rings. The average molecular weight is 209 g/mol. The van der Waals surface area contributed by atoms with Gasteiger partial charge < -0.3 is 10.5 Å². The minimum absolute atomic E-state index is 0.120. The largest absolute Gasteiger partial charge is 0.469 e. The predicted molar refractivity (Wildman–Crippen MR) is 55.2 cm³/mol. The van der Waals surface area contributed by atoms with Crippen molar-refractivity contribution in [3.05, 3.63) is 23.8 Å². The molecule has 1 unspecified atom stereocenters. The third-order valence-electron chi connectivity index (χ3n) is 2.14. The van der Waals surface area contributed by atoms with Crippen LogP contribution >= 0.6 is 0 Å². The van der Waals surface area contributed by atoms with Gasteiger partial charge in [-0.05, 0) is 6.92 Å². The number of carbonyl (C=O) groups excluding carboxylic acids is 1. The quantitative estimate of drug-likeness (QED) is 0.726. The molecule has 2 N–H and O–H groups in total. The molecule has 1 rings (SSSR count). The molecule has 1 heterocycles. The summed E-state index contributed by atoms with van der Waals surface area (Å²) in [6.07, 6.45) is 3.55. The Kier molecular flexibility index (Phi) is 4.17. The number of esters is 1. The van der Waals surface area contributed by atoms with E-state index >= 15 is 0 Å². The van der Waals surface area contributed by atoms with Gasteiger partial charge in [-0.3, -0.25) is 14.8 Å². The van der Waals surface area contributed by atoms with E-state index in [1.807, 2.05) is 6.92 Å². The third kappa shape index (κ3) is 3.28. The van der Waals surface area contributed by atoms with Gasteiger partial charge in [-0.15, -0.1) is 0 Å². The van der Waals surface area contributed by atoms with Crippen molar-refractivity contribution in [3.63, 3.8) is 0 Å². The summed E-state index contributed by atoms with van der Waals surface area (Å²) in [5.74, 6) is -0.404. The first-order chi connectivity index (χ1) is 7.17. The van der Waals surface area contributed by atoms with E-state index in [0.29, 0.717) is 6.54 Å². The van der Waals surface area contributed by atoms with Gasteiger partial charge in [-0.25, -0.2) is 0 Å². The number of rotatable bonds is 4. The second kappa shape index (κ2) is 5.41. The molecule has 0 aliphatic heterocycles. The first kappa shape index (κ1) is 11.6. The Balaban J connectivity index is 2.74. The minimum atomic E-state index is -0.284. The van der Waals surface area contributed by atoms with Crippen molar-refractivity contribution in [2.45, 2.75) is 19.3 Å². The number of nitrogens with zero attached hydrogens (tertiary/aromatic N) is 2. The highest BCUT2D eigenvalue weighted by atomic mass is 16.5. The number of hydrogen-bond acceptors (Lipinski definition) is 5. The first-order valence-electron chi connectivity index (χ1n) is 4.72. The van der Waals surface area contributed by atoms with Gasteiger partial charge in [0.1, 0.15) is 0 Å². The zero-order valence-corrected chi connectivity index (χ0v) is 8.93. The highest BCUT2D eigenvalue weighted by molar-refractivity contribution is 5.70. The van der Waals surface area contributed by atoms with Crippen molar-refractivity contribution in [1.82, 2.24) is 9.97 Å². The second-order valence-corrected chi connectivity index (χ2v) is 3.30. The van der Waals surface area contributed by atoms with Crippen LogP contribution in [0.25, 0.3) is 0 Å². The van der Waals surface area contributed by atoms with Crippen LogP contribution in [0.2, 0.25) is 0 Å². The number of carbonyl (C=O) groups is 1. The number of aryl methyl sites for hydroxylation is 1. The van der Waals surface area contributed by atoms with Gasteiger partial charge in [0.25, 0.3) is 0 Å². The molecule has 0 aliphatic rings. The molecule has 0 bridgehead atoms. The van der Waals surface area contributed by atoms with Crippen LogP contribution in [0.15, 0.2) is 12.4 Å². The van der Waals surface area contributed by atoms with E-state index in [9.17, 15) is 4.79 Å². The summed E-state index contributed by atoms with van der Waals surface area (Å²) in [6, 6.07) is 0. The summed E-state index contributed by atoms with van der Waals surface area (Å²) < 4.78 is 4.59. The topological polar surface area (TPSA) is 78.1 Å². The van der Waals surface area contributed by atoms with Crippen molar-refractivity contribution in [2.24, 2.45) is 5.73 Å². The van der Waals surface area contributed by atoms with Crippen molar-refractivity contribution in [2.75, 3.05) is 13.7 Å². The monoisotopic (exact) mass is 209 g/mol. The molecule has 0 amide bonds. The number of methoxy groups -OCH3 is 1. The second-order valence-electron chi connectivity index (χ2n) is 3.30. The molecule has 0 saturated heterocycles. The number of ether oxygens (including phenoxy) is 1. The molecule has 0 aliphatic carbocycles. The summed E-state index contributed by atoms with van der Waals surface area (Å²) in [4.78, 5) is 19.4. The normalized spacial score (nSPS) is 12.2. The molecule has 5 nitrogen and oxygen atoms in total. The fourth-order valence-electron chi connectivity index (χ4n) is 1.21. The van der Waals surface area contributed by atoms with Crippen molar-refractivity contribution >= 4 is 5.97 Å². The maximum absolute atomic E-state index is 11.1. The SMILES string of the molecule is COC(=O)CC(CN)c1cnc(C)cn1. The molecule has 82 valence electrons. The highest BCUT2D eigenvalue weighted by Crippen LogP contribution is 2.15. The van der Waals surface area contributed by atoms with E-state index in [0.717, 1.165) is 11.4 Å². The standard InChI is InChI=1S/C10H15N3O2/c1-7-5-13-9(6-12-7)8(4-11)3-10(14)15-2/h5-6,8H,3-4,11H2,1-2H3. The molecule has 0 spiro atoms. The van der Waals surface area contributed by atoms with Gasteiger partial charge >= 0.3 is 5.97 Å². The Morgan fingerprint density at radius 2 is 2.27 bits per heavy atom. The molecule has 1 aromatic heterocycles. The average Bonchev–Trinajstić information content (AvgIpc) is 2.27. The smallest absolute Gasteiger partial charge is 0.306 e. The van der Waals surface area contributed by atoms with E-state index in [2.05, 4.69) is 14.7 Å². The van der Waals surface area contributed by atoms with E-state index in [1.165, 1.54) is 7.11 Å². The molecule has 15 heavy (non-hydrogen) atoms.